The van der Waals surface area contributed by atoms with Crippen LogP contribution in [-0.2, 0) is 0 Å². The summed E-state index contributed by atoms with van der Waals surface area (Å²) in [7, 11) is 1.61. The average Bonchev–Trinajstić information content (AvgIpc) is 2.39. The molecule has 0 aromatic heterocycles. The van der Waals surface area contributed by atoms with Crippen LogP contribution in [0.3, 0.4) is 0 Å². The maximum Gasteiger partial charge on any atom is 0.335 e. The van der Waals surface area contributed by atoms with Crippen molar-refractivity contribution in [2.45, 2.75) is 13.8 Å². The van der Waals surface area contributed by atoms with Gasteiger partial charge in [0.15, 0.2) is 0 Å². The van der Waals surface area contributed by atoms with E-state index in [0.717, 1.165) is 28.0 Å². The zero-order valence-electron chi connectivity index (χ0n) is 11.2. The fourth-order valence-electron chi connectivity index (χ4n) is 2.07. The van der Waals surface area contributed by atoms with Crippen LogP contribution in [0.15, 0.2) is 36.4 Å². The Hall–Kier alpha value is -2.29. The number of carbonyl (C=O) groups is 1. The molecular weight excluding hydrogens is 240 g/mol. The smallest absolute Gasteiger partial charge is 0.335 e. The third-order valence-electron chi connectivity index (χ3n) is 3.13. The van der Waals surface area contributed by atoms with Crippen molar-refractivity contribution >= 4 is 5.97 Å². The molecule has 0 heterocycles. The van der Waals surface area contributed by atoms with Gasteiger partial charge in [0.25, 0.3) is 0 Å². The van der Waals surface area contributed by atoms with Crippen LogP contribution in [0, 0.1) is 13.8 Å². The normalized spacial score (nSPS) is 10.3. The molecule has 3 nitrogen and oxygen atoms in total. The lowest BCUT2D eigenvalue weighted by molar-refractivity contribution is 0.0696. The summed E-state index contributed by atoms with van der Waals surface area (Å²) in [6, 6.07) is 11.3. The van der Waals surface area contributed by atoms with E-state index in [9.17, 15) is 9.90 Å². The van der Waals surface area contributed by atoms with E-state index in [4.69, 9.17) is 4.74 Å². The van der Waals surface area contributed by atoms with Crippen molar-refractivity contribution in [2.75, 3.05) is 7.11 Å². The summed E-state index contributed by atoms with van der Waals surface area (Å²) in [5, 5.41) is 9.19. The summed E-state index contributed by atoms with van der Waals surface area (Å²) in [4.78, 5) is 11.2. The molecule has 1 N–H and O–H groups in total. The average molecular weight is 256 g/mol. The molecule has 0 radical (unpaired) electrons. The first-order chi connectivity index (χ1) is 9.02. The number of ether oxygens (including phenoxy) is 1. The molecule has 0 aliphatic heterocycles. The fourth-order valence-corrected chi connectivity index (χ4v) is 2.07. The van der Waals surface area contributed by atoms with Crippen LogP contribution in [0.5, 0.6) is 5.75 Å². The van der Waals surface area contributed by atoms with E-state index in [1.54, 1.807) is 20.1 Å². The van der Waals surface area contributed by atoms with Crippen molar-refractivity contribution in [1.82, 2.24) is 0 Å². The number of carboxylic acid groups (broad SMARTS) is 1. The molecule has 2 aromatic carbocycles. The Bertz CT molecular complexity index is 630. The van der Waals surface area contributed by atoms with Crippen LogP contribution < -0.4 is 4.74 Å². The highest BCUT2D eigenvalue weighted by atomic mass is 16.5. The lowest BCUT2D eigenvalue weighted by atomic mass is 9.98. The zero-order chi connectivity index (χ0) is 14.0. The predicted octanol–water partition coefficient (Wildman–Crippen LogP) is 3.68. The Balaban J connectivity index is 2.62. The number of hydrogen-bond acceptors (Lipinski definition) is 2. The predicted molar refractivity (Wildman–Crippen MR) is 74.9 cm³/mol. The Morgan fingerprint density at radius 3 is 2.47 bits per heavy atom. The number of methoxy groups -OCH3 is 1. The second-order valence-electron chi connectivity index (χ2n) is 4.54. The SMILES string of the molecule is COc1ccc(C)cc1-c1ccc(C)c(C(=O)O)c1. The lowest BCUT2D eigenvalue weighted by Gasteiger charge is -2.11. The van der Waals surface area contributed by atoms with Crippen LogP contribution in [-0.4, -0.2) is 18.2 Å². The van der Waals surface area contributed by atoms with E-state index in [-0.39, 0.29) is 0 Å². The number of carboxylic acids is 1. The number of hydrogen-bond donors (Lipinski definition) is 1. The molecule has 0 bridgehead atoms. The second kappa shape index (κ2) is 5.14. The highest BCUT2D eigenvalue weighted by molar-refractivity contribution is 5.91. The van der Waals surface area contributed by atoms with Gasteiger partial charge in [-0.1, -0.05) is 23.8 Å². The Labute approximate surface area is 112 Å². The van der Waals surface area contributed by atoms with Crippen LogP contribution in [0.25, 0.3) is 11.1 Å². The van der Waals surface area contributed by atoms with Gasteiger partial charge in [0, 0.05) is 5.56 Å². The van der Waals surface area contributed by atoms with Crippen molar-refractivity contribution in [2.24, 2.45) is 0 Å². The van der Waals surface area contributed by atoms with E-state index >= 15 is 0 Å². The maximum absolute atomic E-state index is 11.2. The van der Waals surface area contributed by atoms with Gasteiger partial charge in [0.1, 0.15) is 5.75 Å². The Morgan fingerprint density at radius 2 is 1.84 bits per heavy atom. The third kappa shape index (κ3) is 2.60. The van der Waals surface area contributed by atoms with E-state index in [0.29, 0.717) is 5.56 Å². The Morgan fingerprint density at radius 1 is 1.11 bits per heavy atom. The molecule has 0 saturated carbocycles. The van der Waals surface area contributed by atoms with Gasteiger partial charge in [0.2, 0.25) is 0 Å². The highest BCUT2D eigenvalue weighted by Gasteiger charge is 2.11. The van der Waals surface area contributed by atoms with Crippen LogP contribution >= 0.6 is 0 Å². The largest absolute Gasteiger partial charge is 0.496 e. The van der Waals surface area contributed by atoms with E-state index in [2.05, 4.69) is 0 Å². The molecule has 0 spiro atoms. The summed E-state index contributed by atoms with van der Waals surface area (Å²) in [5.41, 5.74) is 3.94. The van der Waals surface area contributed by atoms with Crippen molar-refractivity contribution in [1.29, 1.82) is 0 Å². The summed E-state index contributed by atoms with van der Waals surface area (Å²) in [6.45, 7) is 3.79. The van der Waals surface area contributed by atoms with Crippen LogP contribution in [0.4, 0.5) is 0 Å². The molecule has 0 amide bonds. The molecule has 2 aromatic rings. The number of aryl methyl sites for hydroxylation is 2. The first-order valence-electron chi connectivity index (χ1n) is 6.02. The Kier molecular flexibility index (Phi) is 3.56. The minimum atomic E-state index is -0.911. The van der Waals surface area contributed by atoms with Gasteiger partial charge in [-0.25, -0.2) is 4.79 Å². The standard InChI is InChI=1S/C16H16O3/c1-10-4-7-15(19-3)14(8-10)12-6-5-11(2)13(9-12)16(17)18/h4-9H,1-3H3,(H,17,18). The van der Waals surface area contributed by atoms with Crippen LogP contribution in [0.1, 0.15) is 21.5 Å². The molecule has 0 aliphatic rings. The van der Waals surface area contributed by atoms with Gasteiger partial charge in [0.05, 0.1) is 12.7 Å². The number of benzene rings is 2. The van der Waals surface area contributed by atoms with Crippen molar-refractivity contribution in [3.8, 4) is 16.9 Å². The first kappa shape index (κ1) is 13.1. The summed E-state index contributed by atoms with van der Waals surface area (Å²) >= 11 is 0. The van der Waals surface area contributed by atoms with Crippen molar-refractivity contribution < 1.29 is 14.6 Å². The molecule has 98 valence electrons. The first-order valence-corrected chi connectivity index (χ1v) is 6.02. The minimum absolute atomic E-state index is 0.320. The molecule has 3 heteroatoms. The van der Waals surface area contributed by atoms with E-state index in [1.807, 2.05) is 37.3 Å². The van der Waals surface area contributed by atoms with E-state index < -0.39 is 5.97 Å². The van der Waals surface area contributed by atoms with Gasteiger partial charge < -0.3 is 9.84 Å². The third-order valence-corrected chi connectivity index (χ3v) is 3.13. The van der Waals surface area contributed by atoms with Gasteiger partial charge in [-0.05, 0) is 43.2 Å². The molecule has 19 heavy (non-hydrogen) atoms. The molecule has 0 fully saturated rings. The topological polar surface area (TPSA) is 46.5 Å². The summed E-state index contributed by atoms with van der Waals surface area (Å²) < 4.78 is 5.34. The van der Waals surface area contributed by atoms with Gasteiger partial charge in [-0.3, -0.25) is 0 Å². The van der Waals surface area contributed by atoms with Gasteiger partial charge in [-0.15, -0.1) is 0 Å². The van der Waals surface area contributed by atoms with Crippen molar-refractivity contribution in [3.63, 3.8) is 0 Å². The number of aromatic carboxylic acids is 1. The highest BCUT2D eigenvalue weighted by Crippen LogP contribution is 2.32. The van der Waals surface area contributed by atoms with E-state index in [1.165, 1.54) is 0 Å². The second-order valence-corrected chi connectivity index (χ2v) is 4.54. The molecular formula is C16H16O3. The molecule has 0 unspecified atom stereocenters. The van der Waals surface area contributed by atoms with Crippen LogP contribution in [0.2, 0.25) is 0 Å². The fraction of sp³-hybridized carbons (Fsp3) is 0.188. The zero-order valence-corrected chi connectivity index (χ0v) is 11.2. The quantitative estimate of drug-likeness (QED) is 0.911. The summed E-state index contributed by atoms with van der Waals surface area (Å²) in [6.07, 6.45) is 0. The maximum atomic E-state index is 11.2. The monoisotopic (exact) mass is 256 g/mol. The molecule has 2 rings (SSSR count). The molecule has 0 aliphatic carbocycles. The lowest BCUT2D eigenvalue weighted by Crippen LogP contribution is -2.00. The van der Waals surface area contributed by atoms with Gasteiger partial charge in [-0.2, -0.15) is 0 Å². The van der Waals surface area contributed by atoms with Gasteiger partial charge >= 0.3 is 5.97 Å². The molecule has 0 atom stereocenters. The number of rotatable bonds is 3. The molecule has 0 saturated heterocycles. The summed E-state index contributed by atoms with van der Waals surface area (Å²) in [5.74, 6) is -0.170. The van der Waals surface area contributed by atoms with Crippen molar-refractivity contribution in [3.05, 3.63) is 53.1 Å². The minimum Gasteiger partial charge on any atom is -0.496 e.